The van der Waals surface area contributed by atoms with Crippen LogP contribution >= 0.6 is 0 Å². The van der Waals surface area contributed by atoms with E-state index in [1.807, 2.05) is 36.1 Å². The van der Waals surface area contributed by atoms with Gasteiger partial charge < -0.3 is 15.1 Å². The molecular formula is C19H25N3O3. The molecule has 0 radical (unpaired) electrons. The molecule has 1 aromatic rings. The molecule has 1 aromatic carbocycles. The number of benzene rings is 1. The molecular weight excluding hydrogens is 318 g/mol. The molecule has 0 unspecified atom stereocenters. The number of piperidine rings is 1. The van der Waals surface area contributed by atoms with E-state index < -0.39 is 11.8 Å². The highest BCUT2D eigenvalue weighted by Crippen LogP contribution is 2.22. The Morgan fingerprint density at radius 1 is 1.16 bits per heavy atom. The second-order valence-electron chi connectivity index (χ2n) is 6.68. The lowest BCUT2D eigenvalue weighted by Crippen LogP contribution is -2.49. The van der Waals surface area contributed by atoms with Gasteiger partial charge in [-0.1, -0.05) is 25.1 Å². The van der Waals surface area contributed by atoms with E-state index in [0.29, 0.717) is 25.2 Å². The van der Waals surface area contributed by atoms with E-state index >= 15 is 0 Å². The summed E-state index contributed by atoms with van der Waals surface area (Å²) in [7, 11) is 0. The molecule has 134 valence electrons. The molecule has 2 saturated heterocycles. The first-order valence-electron chi connectivity index (χ1n) is 9.07. The van der Waals surface area contributed by atoms with Gasteiger partial charge in [0.2, 0.25) is 5.91 Å². The molecule has 0 bridgehead atoms. The lowest BCUT2D eigenvalue weighted by molar-refractivity contribution is -0.144. The number of nitrogens with one attached hydrogen (secondary N) is 1. The highest BCUT2D eigenvalue weighted by molar-refractivity contribution is 6.39. The van der Waals surface area contributed by atoms with Crippen LogP contribution in [0.5, 0.6) is 0 Å². The Morgan fingerprint density at radius 2 is 1.88 bits per heavy atom. The first-order valence-corrected chi connectivity index (χ1v) is 9.07. The van der Waals surface area contributed by atoms with Crippen molar-refractivity contribution in [3.63, 3.8) is 0 Å². The van der Waals surface area contributed by atoms with Crippen molar-refractivity contribution in [2.24, 2.45) is 0 Å². The van der Waals surface area contributed by atoms with E-state index in [1.165, 1.54) is 0 Å². The third-order valence-electron chi connectivity index (χ3n) is 5.14. The molecule has 3 rings (SSSR count). The minimum atomic E-state index is -0.586. The third kappa shape index (κ3) is 3.83. The Labute approximate surface area is 148 Å². The number of aryl methyl sites for hydroxylation is 1. The monoisotopic (exact) mass is 343 g/mol. The standard InChI is InChI=1S/C19H25N3O3/c1-2-14-6-3-4-7-16(14)20-18(24)19(25)21-12-9-15(10-13-21)22-11-5-8-17(22)23/h3-4,6-7,15H,2,5,8-13H2,1H3,(H,20,24). The SMILES string of the molecule is CCc1ccccc1NC(=O)C(=O)N1CCC(N2CCCC2=O)CC1. The van der Waals surface area contributed by atoms with E-state index in [0.717, 1.165) is 37.8 Å². The highest BCUT2D eigenvalue weighted by atomic mass is 16.2. The maximum atomic E-state index is 12.4. The van der Waals surface area contributed by atoms with Crippen LogP contribution in [0.15, 0.2) is 24.3 Å². The van der Waals surface area contributed by atoms with E-state index in [2.05, 4.69) is 5.32 Å². The van der Waals surface area contributed by atoms with Gasteiger partial charge in [0.15, 0.2) is 0 Å². The summed E-state index contributed by atoms with van der Waals surface area (Å²) >= 11 is 0. The Balaban J connectivity index is 1.55. The molecule has 6 nitrogen and oxygen atoms in total. The lowest BCUT2D eigenvalue weighted by atomic mass is 10.0. The van der Waals surface area contributed by atoms with Crippen molar-refractivity contribution < 1.29 is 14.4 Å². The van der Waals surface area contributed by atoms with Crippen LogP contribution in [-0.2, 0) is 20.8 Å². The van der Waals surface area contributed by atoms with Gasteiger partial charge in [0.25, 0.3) is 0 Å². The zero-order valence-corrected chi connectivity index (χ0v) is 14.7. The molecule has 25 heavy (non-hydrogen) atoms. The van der Waals surface area contributed by atoms with E-state index in [4.69, 9.17) is 0 Å². The quantitative estimate of drug-likeness (QED) is 0.851. The van der Waals surface area contributed by atoms with Gasteiger partial charge in [-0.15, -0.1) is 0 Å². The maximum absolute atomic E-state index is 12.4. The molecule has 2 fully saturated rings. The fourth-order valence-corrected chi connectivity index (χ4v) is 3.71. The summed E-state index contributed by atoms with van der Waals surface area (Å²) in [4.78, 5) is 40.1. The first-order chi connectivity index (χ1) is 12.1. The first kappa shape index (κ1) is 17.5. The zero-order valence-electron chi connectivity index (χ0n) is 14.7. The van der Waals surface area contributed by atoms with Crippen molar-refractivity contribution in [2.45, 2.75) is 45.1 Å². The maximum Gasteiger partial charge on any atom is 0.313 e. The van der Waals surface area contributed by atoms with E-state index in [1.54, 1.807) is 4.90 Å². The number of nitrogens with zero attached hydrogens (tertiary/aromatic N) is 2. The Hall–Kier alpha value is -2.37. The predicted octanol–water partition coefficient (Wildman–Crippen LogP) is 1.80. The van der Waals surface area contributed by atoms with Crippen molar-refractivity contribution in [3.05, 3.63) is 29.8 Å². The second-order valence-corrected chi connectivity index (χ2v) is 6.68. The molecule has 6 heteroatoms. The van der Waals surface area contributed by atoms with Crippen LogP contribution in [0.4, 0.5) is 5.69 Å². The minimum absolute atomic E-state index is 0.211. The predicted molar refractivity (Wildman–Crippen MR) is 95.0 cm³/mol. The van der Waals surface area contributed by atoms with Crippen LogP contribution in [-0.4, -0.2) is 53.2 Å². The number of rotatable bonds is 3. The molecule has 0 atom stereocenters. The average molecular weight is 343 g/mol. The number of carbonyl (C=O) groups excluding carboxylic acids is 3. The molecule has 0 aromatic heterocycles. The molecule has 0 spiro atoms. The molecule has 0 saturated carbocycles. The number of carbonyl (C=O) groups is 3. The fourth-order valence-electron chi connectivity index (χ4n) is 3.71. The largest absolute Gasteiger partial charge is 0.340 e. The van der Waals surface area contributed by atoms with E-state index in [-0.39, 0.29) is 11.9 Å². The molecule has 3 amide bonds. The van der Waals surface area contributed by atoms with Gasteiger partial charge in [-0.05, 0) is 37.3 Å². The highest BCUT2D eigenvalue weighted by Gasteiger charge is 2.33. The summed E-state index contributed by atoms with van der Waals surface area (Å²) in [6, 6.07) is 7.73. The second kappa shape index (κ2) is 7.68. The van der Waals surface area contributed by atoms with Crippen LogP contribution in [0, 0.1) is 0 Å². The van der Waals surface area contributed by atoms with Gasteiger partial charge >= 0.3 is 11.8 Å². The van der Waals surface area contributed by atoms with Crippen LogP contribution < -0.4 is 5.32 Å². The van der Waals surface area contributed by atoms with Crippen LogP contribution in [0.3, 0.4) is 0 Å². The van der Waals surface area contributed by atoms with Crippen molar-refractivity contribution in [1.82, 2.24) is 9.80 Å². The van der Waals surface area contributed by atoms with Crippen molar-refractivity contribution in [3.8, 4) is 0 Å². The molecule has 2 heterocycles. The van der Waals surface area contributed by atoms with Gasteiger partial charge in [0.05, 0.1) is 0 Å². The van der Waals surface area contributed by atoms with Crippen LogP contribution in [0.2, 0.25) is 0 Å². The number of hydrogen-bond acceptors (Lipinski definition) is 3. The number of amides is 3. The summed E-state index contributed by atoms with van der Waals surface area (Å²) in [6.07, 6.45) is 3.85. The van der Waals surface area contributed by atoms with Crippen molar-refractivity contribution in [1.29, 1.82) is 0 Å². The smallest absolute Gasteiger partial charge is 0.313 e. The summed E-state index contributed by atoms with van der Waals surface area (Å²) in [5.41, 5.74) is 1.70. The zero-order chi connectivity index (χ0) is 17.8. The van der Waals surface area contributed by atoms with Gasteiger partial charge in [-0.3, -0.25) is 14.4 Å². The normalized spacial score (nSPS) is 18.5. The van der Waals surface area contributed by atoms with Crippen LogP contribution in [0.1, 0.15) is 38.2 Å². The average Bonchev–Trinajstić information content (AvgIpc) is 3.07. The van der Waals surface area contributed by atoms with Crippen molar-refractivity contribution >= 4 is 23.4 Å². The Bertz CT molecular complexity index is 666. The molecule has 2 aliphatic rings. The summed E-state index contributed by atoms with van der Waals surface area (Å²) in [5, 5.41) is 2.74. The summed E-state index contributed by atoms with van der Waals surface area (Å²) in [6.45, 7) is 3.88. The molecule has 1 N–H and O–H groups in total. The third-order valence-corrected chi connectivity index (χ3v) is 5.14. The number of likely N-dealkylation sites (tertiary alicyclic amines) is 2. The topological polar surface area (TPSA) is 69.7 Å². The summed E-state index contributed by atoms with van der Waals surface area (Å²) < 4.78 is 0. The number of hydrogen-bond donors (Lipinski definition) is 1. The summed E-state index contributed by atoms with van der Waals surface area (Å²) in [5.74, 6) is -0.854. The van der Waals surface area contributed by atoms with Gasteiger partial charge in [-0.2, -0.15) is 0 Å². The Kier molecular flexibility index (Phi) is 5.36. The number of para-hydroxylation sites is 1. The molecule has 2 aliphatic heterocycles. The Morgan fingerprint density at radius 3 is 2.52 bits per heavy atom. The van der Waals surface area contributed by atoms with Crippen LogP contribution in [0.25, 0.3) is 0 Å². The minimum Gasteiger partial charge on any atom is -0.340 e. The van der Waals surface area contributed by atoms with Gasteiger partial charge in [0, 0.05) is 37.8 Å². The lowest BCUT2D eigenvalue weighted by Gasteiger charge is -2.36. The van der Waals surface area contributed by atoms with Gasteiger partial charge in [0.1, 0.15) is 0 Å². The van der Waals surface area contributed by atoms with Crippen molar-refractivity contribution in [2.75, 3.05) is 25.0 Å². The fraction of sp³-hybridized carbons (Fsp3) is 0.526. The molecule has 0 aliphatic carbocycles. The van der Waals surface area contributed by atoms with E-state index in [9.17, 15) is 14.4 Å². The van der Waals surface area contributed by atoms with Gasteiger partial charge in [-0.25, -0.2) is 0 Å². The number of anilines is 1.